The smallest absolute Gasteiger partial charge is 0.225 e. The van der Waals surface area contributed by atoms with Gasteiger partial charge in [-0.3, -0.25) is 0 Å². The fourth-order valence-electron chi connectivity index (χ4n) is 1.88. The van der Waals surface area contributed by atoms with E-state index in [0.29, 0.717) is 12.0 Å². The molecular weight excluding hydrogens is 250 g/mol. The molecule has 0 saturated carbocycles. The average Bonchev–Trinajstić information content (AvgIpc) is 2.44. The standard InChI is InChI=1S/C15H23N5/c1-5-16-15-18-13-9-7-6-8-12(13)14(19-15)17-10-11(2)20(3)4/h6-9,11H,5,10H2,1-4H3,(H2,16,17,18,19). The monoisotopic (exact) mass is 273 g/mol. The second-order valence-electron chi connectivity index (χ2n) is 5.14. The Morgan fingerprint density at radius 3 is 2.60 bits per heavy atom. The molecule has 2 aromatic rings. The third-order valence-electron chi connectivity index (χ3n) is 3.38. The molecule has 1 heterocycles. The third kappa shape index (κ3) is 3.36. The van der Waals surface area contributed by atoms with Crippen molar-refractivity contribution in [1.82, 2.24) is 14.9 Å². The van der Waals surface area contributed by atoms with E-state index in [0.717, 1.165) is 29.8 Å². The molecule has 1 aromatic heterocycles. The summed E-state index contributed by atoms with van der Waals surface area (Å²) < 4.78 is 0. The number of hydrogen-bond acceptors (Lipinski definition) is 5. The molecule has 0 bridgehead atoms. The molecule has 20 heavy (non-hydrogen) atoms. The van der Waals surface area contributed by atoms with Gasteiger partial charge in [0.15, 0.2) is 0 Å². The van der Waals surface area contributed by atoms with Gasteiger partial charge in [-0.1, -0.05) is 12.1 Å². The molecule has 0 radical (unpaired) electrons. The molecule has 0 spiro atoms. The number of hydrogen-bond donors (Lipinski definition) is 2. The number of aromatic nitrogens is 2. The topological polar surface area (TPSA) is 53.1 Å². The van der Waals surface area contributed by atoms with Crippen LogP contribution in [0.2, 0.25) is 0 Å². The Bertz CT molecular complexity index is 567. The van der Waals surface area contributed by atoms with Gasteiger partial charge >= 0.3 is 0 Å². The fourth-order valence-corrected chi connectivity index (χ4v) is 1.88. The van der Waals surface area contributed by atoms with Gasteiger partial charge in [-0.25, -0.2) is 4.98 Å². The van der Waals surface area contributed by atoms with Crippen LogP contribution in [0.5, 0.6) is 0 Å². The molecule has 2 N–H and O–H groups in total. The Morgan fingerprint density at radius 2 is 1.90 bits per heavy atom. The predicted molar refractivity (Wildman–Crippen MR) is 85.3 cm³/mol. The van der Waals surface area contributed by atoms with Crippen LogP contribution >= 0.6 is 0 Å². The summed E-state index contributed by atoms with van der Waals surface area (Å²) in [5, 5.41) is 7.67. The van der Waals surface area contributed by atoms with Crippen molar-refractivity contribution >= 4 is 22.7 Å². The third-order valence-corrected chi connectivity index (χ3v) is 3.38. The highest BCUT2D eigenvalue weighted by molar-refractivity contribution is 5.90. The zero-order chi connectivity index (χ0) is 14.5. The molecule has 0 aliphatic carbocycles. The molecule has 0 fully saturated rings. The Balaban J connectivity index is 2.29. The SMILES string of the molecule is CCNc1nc(NCC(C)N(C)C)c2ccccc2n1. The van der Waals surface area contributed by atoms with Crippen LogP contribution in [0.15, 0.2) is 24.3 Å². The van der Waals surface area contributed by atoms with Crippen molar-refractivity contribution in [3.05, 3.63) is 24.3 Å². The van der Waals surface area contributed by atoms with Crippen LogP contribution in [-0.2, 0) is 0 Å². The molecule has 2 rings (SSSR count). The number of anilines is 2. The van der Waals surface area contributed by atoms with Crippen LogP contribution in [-0.4, -0.2) is 48.1 Å². The number of nitrogens with one attached hydrogen (secondary N) is 2. The summed E-state index contributed by atoms with van der Waals surface area (Å²) in [7, 11) is 4.16. The number of fused-ring (bicyclic) bond motifs is 1. The molecule has 0 saturated heterocycles. The number of benzene rings is 1. The highest BCUT2D eigenvalue weighted by atomic mass is 15.2. The molecule has 0 amide bonds. The summed E-state index contributed by atoms with van der Waals surface area (Å²) >= 11 is 0. The number of para-hydroxylation sites is 1. The van der Waals surface area contributed by atoms with Crippen LogP contribution in [0.25, 0.3) is 10.9 Å². The van der Waals surface area contributed by atoms with Crippen LogP contribution in [0.1, 0.15) is 13.8 Å². The first-order chi connectivity index (χ1) is 9.61. The first kappa shape index (κ1) is 14.5. The minimum atomic E-state index is 0.436. The molecule has 5 heteroatoms. The van der Waals surface area contributed by atoms with Crippen molar-refractivity contribution in [2.45, 2.75) is 19.9 Å². The first-order valence-corrected chi connectivity index (χ1v) is 7.02. The van der Waals surface area contributed by atoms with Crippen molar-refractivity contribution in [3.8, 4) is 0 Å². The van der Waals surface area contributed by atoms with Crippen molar-refractivity contribution in [1.29, 1.82) is 0 Å². The molecule has 108 valence electrons. The lowest BCUT2D eigenvalue weighted by Crippen LogP contribution is -2.31. The van der Waals surface area contributed by atoms with E-state index in [1.807, 2.05) is 31.2 Å². The molecular formula is C15H23N5. The van der Waals surface area contributed by atoms with Crippen molar-refractivity contribution in [2.24, 2.45) is 0 Å². The van der Waals surface area contributed by atoms with Gasteiger partial charge < -0.3 is 15.5 Å². The second-order valence-corrected chi connectivity index (χ2v) is 5.14. The largest absolute Gasteiger partial charge is 0.368 e. The van der Waals surface area contributed by atoms with E-state index < -0.39 is 0 Å². The minimum absolute atomic E-state index is 0.436. The summed E-state index contributed by atoms with van der Waals surface area (Å²) in [6.45, 7) is 5.88. The van der Waals surface area contributed by atoms with Gasteiger partial charge in [0.1, 0.15) is 5.82 Å². The maximum Gasteiger partial charge on any atom is 0.225 e. The highest BCUT2D eigenvalue weighted by Gasteiger charge is 2.09. The van der Waals surface area contributed by atoms with E-state index in [2.05, 4.69) is 46.5 Å². The van der Waals surface area contributed by atoms with E-state index in [-0.39, 0.29) is 0 Å². The Morgan fingerprint density at radius 1 is 1.15 bits per heavy atom. The predicted octanol–water partition coefficient (Wildman–Crippen LogP) is 2.42. The van der Waals surface area contributed by atoms with Gasteiger partial charge in [0.05, 0.1) is 5.52 Å². The first-order valence-electron chi connectivity index (χ1n) is 7.02. The molecule has 0 aliphatic heterocycles. The maximum atomic E-state index is 4.57. The van der Waals surface area contributed by atoms with Gasteiger partial charge in [0, 0.05) is 24.5 Å². The van der Waals surface area contributed by atoms with E-state index in [1.54, 1.807) is 0 Å². The highest BCUT2D eigenvalue weighted by Crippen LogP contribution is 2.21. The van der Waals surface area contributed by atoms with E-state index in [4.69, 9.17) is 0 Å². The zero-order valence-corrected chi connectivity index (χ0v) is 12.6. The number of rotatable bonds is 6. The summed E-state index contributed by atoms with van der Waals surface area (Å²) in [5.41, 5.74) is 0.957. The lowest BCUT2D eigenvalue weighted by molar-refractivity contribution is 0.326. The molecule has 0 aliphatic rings. The van der Waals surface area contributed by atoms with Crippen molar-refractivity contribution in [3.63, 3.8) is 0 Å². The normalized spacial score (nSPS) is 12.7. The van der Waals surface area contributed by atoms with Gasteiger partial charge in [-0.15, -0.1) is 0 Å². The van der Waals surface area contributed by atoms with Crippen LogP contribution in [0.4, 0.5) is 11.8 Å². The zero-order valence-electron chi connectivity index (χ0n) is 12.6. The van der Waals surface area contributed by atoms with Crippen LogP contribution in [0.3, 0.4) is 0 Å². The quantitative estimate of drug-likeness (QED) is 0.846. The molecule has 1 atom stereocenters. The summed E-state index contributed by atoms with van der Waals surface area (Å²) in [6.07, 6.45) is 0. The van der Waals surface area contributed by atoms with Crippen molar-refractivity contribution < 1.29 is 0 Å². The summed E-state index contributed by atoms with van der Waals surface area (Å²) in [4.78, 5) is 11.3. The summed E-state index contributed by atoms with van der Waals surface area (Å²) in [5.74, 6) is 1.56. The molecule has 1 aromatic carbocycles. The van der Waals surface area contributed by atoms with E-state index >= 15 is 0 Å². The van der Waals surface area contributed by atoms with E-state index in [9.17, 15) is 0 Å². The maximum absolute atomic E-state index is 4.57. The lowest BCUT2D eigenvalue weighted by Gasteiger charge is -2.21. The molecule has 1 unspecified atom stereocenters. The van der Waals surface area contributed by atoms with Crippen molar-refractivity contribution in [2.75, 3.05) is 37.8 Å². The van der Waals surface area contributed by atoms with Crippen LogP contribution < -0.4 is 10.6 Å². The Kier molecular flexibility index (Phi) is 4.74. The molecule has 5 nitrogen and oxygen atoms in total. The number of nitrogens with zero attached hydrogens (tertiary/aromatic N) is 3. The Labute approximate surface area is 120 Å². The second kappa shape index (κ2) is 6.52. The average molecular weight is 273 g/mol. The minimum Gasteiger partial charge on any atom is -0.368 e. The summed E-state index contributed by atoms with van der Waals surface area (Å²) in [6, 6.07) is 8.51. The van der Waals surface area contributed by atoms with Gasteiger partial charge in [0.25, 0.3) is 0 Å². The van der Waals surface area contributed by atoms with Gasteiger partial charge in [-0.05, 0) is 40.1 Å². The van der Waals surface area contributed by atoms with Gasteiger partial charge in [0.2, 0.25) is 5.95 Å². The Hall–Kier alpha value is -1.88. The van der Waals surface area contributed by atoms with E-state index in [1.165, 1.54) is 0 Å². The fraction of sp³-hybridized carbons (Fsp3) is 0.467. The van der Waals surface area contributed by atoms with Crippen LogP contribution in [0, 0.1) is 0 Å². The number of likely N-dealkylation sites (N-methyl/N-ethyl adjacent to an activating group) is 1. The lowest BCUT2D eigenvalue weighted by atomic mass is 10.2. The van der Waals surface area contributed by atoms with Gasteiger partial charge in [-0.2, -0.15) is 4.98 Å².